The lowest BCUT2D eigenvalue weighted by atomic mass is 9.91. The molecule has 0 aromatic rings. The Morgan fingerprint density at radius 3 is 2.06 bits per heavy atom. The molecule has 1 heteroatoms. The molecule has 0 aliphatic rings. The third-order valence-corrected chi connectivity index (χ3v) is 3.03. The molecular formula is C15H30O. The average molecular weight is 226 g/mol. The van der Waals surface area contributed by atoms with E-state index in [1.807, 2.05) is 13.8 Å². The largest absolute Gasteiger partial charge is 0.386 e. The van der Waals surface area contributed by atoms with Crippen LogP contribution in [0.1, 0.15) is 79.1 Å². The summed E-state index contributed by atoms with van der Waals surface area (Å²) in [6.45, 7) is 8.26. The Morgan fingerprint density at radius 2 is 1.56 bits per heavy atom. The molecule has 1 N–H and O–H groups in total. The molecule has 0 aromatic carbocycles. The number of hydrogen-bond donors (Lipinski definition) is 1. The molecule has 0 amide bonds. The second-order valence-corrected chi connectivity index (χ2v) is 5.24. The normalized spacial score (nSPS) is 13.2. The number of aliphatic hydroxyl groups is 1. The first-order valence-electron chi connectivity index (χ1n) is 6.94. The summed E-state index contributed by atoms with van der Waals surface area (Å²) in [6, 6.07) is 0. The van der Waals surface area contributed by atoms with Crippen LogP contribution in [-0.4, -0.2) is 10.7 Å². The van der Waals surface area contributed by atoms with E-state index in [0.717, 1.165) is 12.8 Å². The van der Waals surface area contributed by atoms with E-state index in [0.29, 0.717) is 0 Å². The molecule has 0 saturated carbocycles. The van der Waals surface area contributed by atoms with E-state index in [1.54, 1.807) is 0 Å². The zero-order valence-electron chi connectivity index (χ0n) is 11.7. The first kappa shape index (κ1) is 15.7. The van der Waals surface area contributed by atoms with Crippen LogP contribution in [0.5, 0.6) is 0 Å². The predicted octanol–water partition coefficient (Wildman–Crippen LogP) is 4.84. The smallest absolute Gasteiger partial charge is 0.0800 e. The van der Waals surface area contributed by atoms with Gasteiger partial charge in [0.25, 0.3) is 0 Å². The summed E-state index contributed by atoms with van der Waals surface area (Å²) in [6.07, 6.45) is 12.0. The van der Waals surface area contributed by atoms with Gasteiger partial charge < -0.3 is 5.11 Å². The second-order valence-electron chi connectivity index (χ2n) is 5.24. The topological polar surface area (TPSA) is 20.2 Å². The van der Waals surface area contributed by atoms with Gasteiger partial charge in [0.1, 0.15) is 0 Å². The number of hydrogen-bond acceptors (Lipinski definition) is 1. The van der Waals surface area contributed by atoms with Crippen molar-refractivity contribution < 1.29 is 5.11 Å². The maximum atomic E-state index is 10.1. The van der Waals surface area contributed by atoms with Crippen molar-refractivity contribution in [3.05, 3.63) is 11.6 Å². The van der Waals surface area contributed by atoms with Crippen molar-refractivity contribution in [3.8, 4) is 0 Å². The lowest BCUT2D eigenvalue weighted by Gasteiger charge is -2.22. The molecule has 0 saturated heterocycles. The van der Waals surface area contributed by atoms with Gasteiger partial charge >= 0.3 is 0 Å². The minimum atomic E-state index is -0.625. The Hall–Kier alpha value is -0.300. The van der Waals surface area contributed by atoms with E-state index < -0.39 is 5.60 Å². The van der Waals surface area contributed by atoms with E-state index in [1.165, 1.54) is 44.1 Å². The molecule has 0 aliphatic heterocycles. The van der Waals surface area contributed by atoms with Gasteiger partial charge in [-0.2, -0.15) is 0 Å². The summed E-state index contributed by atoms with van der Waals surface area (Å²) >= 11 is 0. The van der Waals surface area contributed by atoms with E-state index in [2.05, 4.69) is 19.9 Å². The lowest BCUT2D eigenvalue weighted by Crippen LogP contribution is -2.22. The average Bonchev–Trinajstić information content (AvgIpc) is 2.20. The van der Waals surface area contributed by atoms with Crippen molar-refractivity contribution in [1.29, 1.82) is 0 Å². The van der Waals surface area contributed by atoms with Gasteiger partial charge in [0, 0.05) is 0 Å². The highest BCUT2D eigenvalue weighted by Crippen LogP contribution is 2.23. The van der Waals surface area contributed by atoms with Gasteiger partial charge in [0.2, 0.25) is 0 Å². The fourth-order valence-corrected chi connectivity index (χ4v) is 1.89. The van der Waals surface area contributed by atoms with Gasteiger partial charge in [-0.3, -0.25) is 0 Å². The molecule has 0 radical (unpaired) electrons. The van der Waals surface area contributed by atoms with Gasteiger partial charge in [0.15, 0.2) is 0 Å². The Balaban J connectivity index is 4.09. The van der Waals surface area contributed by atoms with Crippen molar-refractivity contribution in [2.24, 2.45) is 0 Å². The van der Waals surface area contributed by atoms with Crippen molar-refractivity contribution >= 4 is 0 Å². The van der Waals surface area contributed by atoms with Crippen LogP contribution >= 0.6 is 0 Å². The lowest BCUT2D eigenvalue weighted by molar-refractivity contribution is 0.115. The Morgan fingerprint density at radius 1 is 1.00 bits per heavy atom. The number of unbranched alkanes of at least 4 members (excludes halogenated alkanes) is 5. The molecule has 0 aliphatic carbocycles. The molecule has 0 spiro atoms. The van der Waals surface area contributed by atoms with Crippen LogP contribution < -0.4 is 0 Å². The van der Waals surface area contributed by atoms with Crippen LogP contribution in [0.2, 0.25) is 0 Å². The Bertz CT molecular complexity index is 186. The maximum Gasteiger partial charge on any atom is 0.0800 e. The highest BCUT2D eigenvalue weighted by molar-refractivity contribution is 5.13. The van der Waals surface area contributed by atoms with Gasteiger partial charge in [-0.25, -0.2) is 0 Å². The Labute approximate surface area is 102 Å². The van der Waals surface area contributed by atoms with Crippen LogP contribution in [-0.2, 0) is 0 Å². The molecule has 0 fully saturated rings. The highest BCUT2D eigenvalue weighted by atomic mass is 16.3. The molecule has 0 rings (SSSR count). The third-order valence-electron chi connectivity index (χ3n) is 3.03. The monoisotopic (exact) mass is 226 g/mol. The van der Waals surface area contributed by atoms with Crippen molar-refractivity contribution in [2.45, 2.75) is 84.7 Å². The maximum absolute atomic E-state index is 10.1. The summed E-state index contributed by atoms with van der Waals surface area (Å²) in [5.41, 5.74) is 0.608. The van der Waals surface area contributed by atoms with Crippen LogP contribution in [0.25, 0.3) is 0 Å². The zero-order chi connectivity index (χ0) is 12.4. The van der Waals surface area contributed by atoms with Gasteiger partial charge in [-0.1, -0.05) is 45.6 Å². The van der Waals surface area contributed by atoms with Crippen molar-refractivity contribution in [1.82, 2.24) is 0 Å². The minimum absolute atomic E-state index is 0.625. The minimum Gasteiger partial charge on any atom is -0.386 e. The molecule has 0 unspecified atom stereocenters. The van der Waals surface area contributed by atoms with E-state index >= 15 is 0 Å². The SMILES string of the molecule is CCCCC/C=C(/CCCCC)C(C)(C)O. The van der Waals surface area contributed by atoms with Gasteiger partial charge in [-0.05, 0) is 45.1 Å². The molecule has 0 atom stereocenters. The van der Waals surface area contributed by atoms with Crippen LogP contribution in [0.3, 0.4) is 0 Å². The quantitative estimate of drug-likeness (QED) is 0.440. The molecule has 16 heavy (non-hydrogen) atoms. The first-order valence-corrected chi connectivity index (χ1v) is 6.94. The fraction of sp³-hybridized carbons (Fsp3) is 0.867. The van der Waals surface area contributed by atoms with E-state index in [9.17, 15) is 5.11 Å². The van der Waals surface area contributed by atoms with Gasteiger partial charge in [0.05, 0.1) is 5.60 Å². The Kier molecular flexibility index (Phi) is 8.64. The van der Waals surface area contributed by atoms with Crippen LogP contribution in [0.4, 0.5) is 0 Å². The van der Waals surface area contributed by atoms with E-state index in [-0.39, 0.29) is 0 Å². The molecule has 96 valence electrons. The van der Waals surface area contributed by atoms with E-state index in [4.69, 9.17) is 0 Å². The molecule has 0 aromatic heterocycles. The van der Waals surface area contributed by atoms with Crippen molar-refractivity contribution in [2.75, 3.05) is 0 Å². The fourth-order valence-electron chi connectivity index (χ4n) is 1.89. The van der Waals surface area contributed by atoms with Crippen LogP contribution in [0.15, 0.2) is 11.6 Å². The number of rotatable bonds is 9. The standard InChI is InChI=1S/C15H30O/c1-5-7-9-11-13-14(15(3,4)16)12-10-8-6-2/h13,16H,5-12H2,1-4H3/b14-13-. The van der Waals surface area contributed by atoms with Gasteiger partial charge in [-0.15, -0.1) is 0 Å². The molecular weight excluding hydrogens is 196 g/mol. The molecule has 0 bridgehead atoms. The van der Waals surface area contributed by atoms with Crippen LogP contribution in [0, 0.1) is 0 Å². The summed E-state index contributed by atoms with van der Waals surface area (Å²) < 4.78 is 0. The second kappa shape index (κ2) is 8.81. The number of allylic oxidation sites excluding steroid dienone is 1. The third kappa shape index (κ3) is 7.92. The summed E-state index contributed by atoms with van der Waals surface area (Å²) in [5.74, 6) is 0. The van der Waals surface area contributed by atoms with Crippen molar-refractivity contribution in [3.63, 3.8) is 0 Å². The zero-order valence-corrected chi connectivity index (χ0v) is 11.7. The highest BCUT2D eigenvalue weighted by Gasteiger charge is 2.17. The summed E-state index contributed by atoms with van der Waals surface area (Å²) in [7, 11) is 0. The molecule has 0 heterocycles. The first-order chi connectivity index (χ1) is 7.52. The summed E-state index contributed by atoms with van der Waals surface area (Å²) in [4.78, 5) is 0. The predicted molar refractivity (Wildman–Crippen MR) is 72.7 cm³/mol. The summed E-state index contributed by atoms with van der Waals surface area (Å²) in [5, 5.41) is 10.1. The molecule has 1 nitrogen and oxygen atoms in total.